The van der Waals surface area contributed by atoms with Gasteiger partial charge in [-0.15, -0.1) is 11.8 Å². The number of carbonyl (C=O) groups is 2. The third kappa shape index (κ3) is 3.97. The largest absolute Gasteiger partial charge is 0.480 e. The Kier molecular flexibility index (Phi) is 4.44. The van der Waals surface area contributed by atoms with E-state index in [1.54, 1.807) is 16.7 Å². The monoisotopic (exact) mass is 280 g/mol. The van der Waals surface area contributed by atoms with Crippen LogP contribution in [0, 0.1) is 0 Å². The molecule has 0 aliphatic carbocycles. The quantitative estimate of drug-likeness (QED) is 0.796. The number of thioether (sulfide) groups is 1. The Balaban J connectivity index is 1.96. The highest BCUT2D eigenvalue weighted by Crippen LogP contribution is 2.36. The van der Waals surface area contributed by atoms with Gasteiger partial charge in [-0.3, -0.25) is 14.5 Å². The van der Waals surface area contributed by atoms with Gasteiger partial charge >= 0.3 is 5.97 Å². The van der Waals surface area contributed by atoms with E-state index in [2.05, 4.69) is 12.1 Å². The van der Waals surface area contributed by atoms with E-state index in [1.165, 1.54) is 10.5 Å². The maximum Gasteiger partial charge on any atom is 0.317 e. The number of aliphatic carboxylic acids is 1. The average Bonchev–Trinajstić information content (AvgIpc) is 2.68. The topological polar surface area (TPSA) is 83.6 Å². The second kappa shape index (κ2) is 6.08. The zero-order valence-electron chi connectivity index (χ0n) is 10.4. The summed E-state index contributed by atoms with van der Waals surface area (Å²) >= 11 is 1.73. The first-order valence-corrected chi connectivity index (χ1v) is 6.89. The van der Waals surface area contributed by atoms with Crippen molar-refractivity contribution in [2.24, 2.45) is 5.73 Å². The molecule has 0 fully saturated rings. The molecular weight excluding hydrogens is 264 g/mol. The van der Waals surface area contributed by atoms with E-state index < -0.39 is 11.9 Å². The molecule has 6 heteroatoms. The molecule has 102 valence electrons. The lowest BCUT2D eigenvalue weighted by atomic mass is 10.1. The normalized spacial score (nSPS) is 17.4. The maximum atomic E-state index is 11.0. The van der Waals surface area contributed by atoms with Gasteiger partial charge in [0.15, 0.2) is 0 Å². The summed E-state index contributed by atoms with van der Waals surface area (Å²) in [6.07, 6.45) is 0.899. The van der Waals surface area contributed by atoms with Gasteiger partial charge in [-0.2, -0.15) is 0 Å². The Morgan fingerprint density at radius 1 is 1.37 bits per heavy atom. The highest BCUT2D eigenvalue weighted by molar-refractivity contribution is 8.00. The van der Waals surface area contributed by atoms with E-state index in [0.717, 1.165) is 6.42 Å². The highest BCUT2D eigenvalue weighted by Gasteiger charge is 2.25. The van der Waals surface area contributed by atoms with Gasteiger partial charge in [0.05, 0.1) is 13.1 Å². The SMILES string of the molecule is NC(=O)CN(CC(=O)O)CC1Cc2ccccc2S1. The predicted molar refractivity (Wildman–Crippen MR) is 73.1 cm³/mol. The second-order valence-corrected chi connectivity index (χ2v) is 5.92. The summed E-state index contributed by atoms with van der Waals surface area (Å²) < 4.78 is 0. The number of hydrogen-bond acceptors (Lipinski definition) is 4. The third-order valence-corrected chi connectivity index (χ3v) is 4.22. The molecule has 0 saturated carbocycles. The van der Waals surface area contributed by atoms with Crippen molar-refractivity contribution in [1.82, 2.24) is 4.90 Å². The molecule has 0 bridgehead atoms. The molecule has 3 N–H and O–H groups in total. The number of amides is 1. The maximum absolute atomic E-state index is 11.0. The number of carboxylic acids is 1. The van der Waals surface area contributed by atoms with E-state index >= 15 is 0 Å². The molecular formula is C13H16N2O3S. The predicted octanol–water partition coefficient (Wildman–Crippen LogP) is 0.575. The van der Waals surface area contributed by atoms with E-state index in [9.17, 15) is 9.59 Å². The number of benzene rings is 1. The first-order valence-electron chi connectivity index (χ1n) is 6.01. The van der Waals surface area contributed by atoms with Crippen LogP contribution in [0.1, 0.15) is 5.56 Å². The standard InChI is InChI=1S/C13H16N2O3S/c14-12(16)7-15(8-13(17)18)6-10-5-9-3-1-2-4-11(9)19-10/h1-4,10H,5-8H2,(H2,14,16)(H,17,18). The van der Waals surface area contributed by atoms with Crippen LogP contribution >= 0.6 is 11.8 Å². The molecule has 0 saturated heterocycles. The van der Waals surface area contributed by atoms with Crippen LogP contribution in [-0.4, -0.2) is 46.8 Å². The molecule has 5 nitrogen and oxygen atoms in total. The fourth-order valence-electron chi connectivity index (χ4n) is 2.24. The van der Waals surface area contributed by atoms with Gasteiger partial charge in [0, 0.05) is 16.7 Å². The number of hydrogen-bond donors (Lipinski definition) is 2. The van der Waals surface area contributed by atoms with Gasteiger partial charge in [0.25, 0.3) is 0 Å². The summed E-state index contributed by atoms with van der Waals surface area (Å²) in [5.74, 6) is -1.44. The molecule has 0 aromatic heterocycles. The molecule has 1 aliphatic heterocycles. The van der Waals surface area contributed by atoms with Crippen molar-refractivity contribution in [3.05, 3.63) is 29.8 Å². The van der Waals surface area contributed by atoms with Crippen LogP contribution in [0.15, 0.2) is 29.2 Å². The number of primary amides is 1. The van der Waals surface area contributed by atoms with Gasteiger partial charge < -0.3 is 10.8 Å². The number of carboxylic acid groups (broad SMARTS) is 1. The zero-order chi connectivity index (χ0) is 13.8. The Morgan fingerprint density at radius 2 is 2.11 bits per heavy atom. The Hall–Kier alpha value is -1.53. The minimum Gasteiger partial charge on any atom is -0.480 e. The Labute approximate surface area is 115 Å². The van der Waals surface area contributed by atoms with Crippen LogP contribution in [0.25, 0.3) is 0 Å². The lowest BCUT2D eigenvalue weighted by Gasteiger charge is -2.21. The van der Waals surface area contributed by atoms with Crippen molar-refractivity contribution < 1.29 is 14.7 Å². The number of nitrogens with zero attached hydrogens (tertiary/aromatic N) is 1. The zero-order valence-corrected chi connectivity index (χ0v) is 11.2. The van der Waals surface area contributed by atoms with Gasteiger partial charge in [-0.25, -0.2) is 0 Å². The first-order chi connectivity index (χ1) is 9.04. The molecule has 1 aliphatic rings. The Morgan fingerprint density at radius 3 is 2.74 bits per heavy atom. The van der Waals surface area contributed by atoms with E-state index in [0.29, 0.717) is 6.54 Å². The molecule has 0 spiro atoms. The van der Waals surface area contributed by atoms with E-state index in [-0.39, 0.29) is 18.3 Å². The van der Waals surface area contributed by atoms with Gasteiger partial charge in [0.1, 0.15) is 0 Å². The molecule has 2 rings (SSSR count). The lowest BCUT2D eigenvalue weighted by molar-refractivity contribution is -0.138. The van der Waals surface area contributed by atoms with Crippen molar-refractivity contribution in [1.29, 1.82) is 0 Å². The summed E-state index contributed by atoms with van der Waals surface area (Å²) in [4.78, 5) is 24.6. The van der Waals surface area contributed by atoms with Crippen molar-refractivity contribution >= 4 is 23.6 Å². The summed E-state index contributed by atoms with van der Waals surface area (Å²) in [6, 6.07) is 8.14. The second-order valence-electron chi connectivity index (χ2n) is 4.58. The van der Waals surface area contributed by atoms with Crippen molar-refractivity contribution in [2.75, 3.05) is 19.6 Å². The van der Waals surface area contributed by atoms with Crippen LogP contribution in [0.3, 0.4) is 0 Å². The van der Waals surface area contributed by atoms with Crippen LogP contribution in [0.5, 0.6) is 0 Å². The lowest BCUT2D eigenvalue weighted by Crippen LogP contribution is -2.40. The number of fused-ring (bicyclic) bond motifs is 1. The number of nitrogens with two attached hydrogens (primary N) is 1. The van der Waals surface area contributed by atoms with Crippen LogP contribution in [-0.2, 0) is 16.0 Å². The number of rotatable bonds is 6. The third-order valence-electron chi connectivity index (χ3n) is 2.91. The molecule has 1 heterocycles. The first kappa shape index (κ1) is 13.9. The molecule has 1 unspecified atom stereocenters. The van der Waals surface area contributed by atoms with E-state index in [1.807, 2.05) is 12.1 Å². The highest BCUT2D eigenvalue weighted by atomic mass is 32.2. The van der Waals surface area contributed by atoms with Gasteiger partial charge in [-0.1, -0.05) is 18.2 Å². The van der Waals surface area contributed by atoms with Crippen LogP contribution in [0.2, 0.25) is 0 Å². The molecule has 1 amide bonds. The van der Waals surface area contributed by atoms with Gasteiger partial charge in [0.2, 0.25) is 5.91 Å². The molecule has 1 aromatic carbocycles. The summed E-state index contributed by atoms with van der Waals surface area (Å²) in [5, 5.41) is 9.12. The minimum atomic E-state index is -0.943. The Bertz CT molecular complexity index is 452. The molecule has 19 heavy (non-hydrogen) atoms. The van der Waals surface area contributed by atoms with Crippen molar-refractivity contribution in [3.63, 3.8) is 0 Å². The summed E-state index contributed by atoms with van der Waals surface area (Å²) in [6.45, 7) is 0.380. The fourth-order valence-corrected chi connectivity index (χ4v) is 3.61. The fraction of sp³-hybridized carbons (Fsp3) is 0.385. The molecule has 1 atom stereocenters. The average molecular weight is 280 g/mol. The van der Waals surface area contributed by atoms with Crippen LogP contribution < -0.4 is 5.73 Å². The van der Waals surface area contributed by atoms with E-state index in [4.69, 9.17) is 10.8 Å². The van der Waals surface area contributed by atoms with Gasteiger partial charge in [-0.05, 0) is 18.1 Å². The van der Waals surface area contributed by atoms with Crippen molar-refractivity contribution in [2.45, 2.75) is 16.6 Å². The summed E-state index contributed by atoms with van der Waals surface area (Å²) in [5.41, 5.74) is 6.43. The van der Waals surface area contributed by atoms with Crippen molar-refractivity contribution in [3.8, 4) is 0 Å². The minimum absolute atomic E-state index is 0.0142. The summed E-state index contributed by atoms with van der Waals surface area (Å²) in [7, 11) is 0. The van der Waals surface area contributed by atoms with Crippen LogP contribution in [0.4, 0.5) is 0 Å². The number of carbonyl (C=O) groups excluding carboxylic acids is 1. The molecule has 1 aromatic rings. The molecule has 0 radical (unpaired) electrons. The smallest absolute Gasteiger partial charge is 0.317 e.